The van der Waals surface area contributed by atoms with E-state index < -0.39 is 0 Å². The second kappa shape index (κ2) is 6.18. The lowest BCUT2D eigenvalue weighted by atomic mass is 9.73. The third kappa shape index (κ3) is 2.75. The molecule has 1 aromatic rings. The largest absolute Gasteiger partial charge is 0.383 e. The van der Waals surface area contributed by atoms with E-state index in [2.05, 4.69) is 54.1 Å². The van der Waals surface area contributed by atoms with Crippen LogP contribution in [0.3, 0.4) is 0 Å². The number of hydrogen-bond acceptors (Lipinski definition) is 2. The predicted molar refractivity (Wildman–Crippen MR) is 97.6 cm³/mol. The van der Waals surface area contributed by atoms with E-state index >= 15 is 0 Å². The van der Waals surface area contributed by atoms with Crippen LogP contribution in [0.1, 0.15) is 36.8 Å². The van der Waals surface area contributed by atoms with Gasteiger partial charge in [0.1, 0.15) is 0 Å². The third-order valence-corrected chi connectivity index (χ3v) is 5.74. The summed E-state index contributed by atoms with van der Waals surface area (Å²) in [6, 6.07) is 6.76. The summed E-state index contributed by atoms with van der Waals surface area (Å²) in [4.78, 5) is 0. The van der Waals surface area contributed by atoms with E-state index in [1.807, 2.05) is 6.07 Å². The van der Waals surface area contributed by atoms with Crippen LogP contribution in [0.4, 0.5) is 0 Å². The van der Waals surface area contributed by atoms with Gasteiger partial charge in [0.05, 0.1) is 6.04 Å². The van der Waals surface area contributed by atoms with Crippen molar-refractivity contribution < 1.29 is 0 Å². The highest BCUT2D eigenvalue weighted by atomic mass is 35.5. The van der Waals surface area contributed by atoms with E-state index in [1.54, 1.807) is 0 Å². The molecule has 0 radical (unpaired) electrons. The SMILES string of the molecule is CC1=C2C=Cc3cc(Cl)ccc3C(C3CCNCC3)C2NC=C1. The maximum absolute atomic E-state index is 6.26. The Labute approximate surface area is 143 Å². The van der Waals surface area contributed by atoms with Gasteiger partial charge in [0.15, 0.2) is 0 Å². The van der Waals surface area contributed by atoms with Gasteiger partial charge in [0.25, 0.3) is 0 Å². The fourth-order valence-corrected chi connectivity index (χ4v) is 4.50. The minimum absolute atomic E-state index is 0.363. The van der Waals surface area contributed by atoms with Crippen molar-refractivity contribution in [1.82, 2.24) is 10.6 Å². The molecule has 2 atom stereocenters. The fourth-order valence-electron chi connectivity index (χ4n) is 4.32. The van der Waals surface area contributed by atoms with Gasteiger partial charge >= 0.3 is 0 Å². The number of fused-ring (bicyclic) bond motifs is 2. The number of nitrogens with one attached hydrogen (secondary N) is 2. The van der Waals surface area contributed by atoms with Crippen molar-refractivity contribution in [3.63, 3.8) is 0 Å². The topological polar surface area (TPSA) is 24.1 Å². The molecule has 0 spiro atoms. The van der Waals surface area contributed by atoms with Crippen LogP contribution >= 0.6 is 11.6 Å². The number of dihydropyridines is 1. The summed E-state index contributed by atoms with van der Waals surface area (Å²) >= 11 is 6.26. The van der Waals surface area contributed by atoms with Gasteiger partial charge in [-0.15, -0.1) is 0 Å². The molecule has 1 fully saturated rings. The molecule has 4 rings (SSSR count). The molecule has 0 aromatic heterocycles. The number of rotatable bonds is 1. The molecular formula is C20H23ClN2. The lowest BCUT2D eigenvalue weighted by molar-refractivity contribution is 0.289. The van der Waals surface area contributed by atoms with E-state index in [0.717, 1.165) is 18.1 Å². The molecule has 0 bridgehead atoms. The molecule has 120 valence electrons. The summed E-state index contributed by atoms with van der Waals surface area (Å²) in [7, 11) is 0. The van der Waals surface area contributed by atoms with E-state index in [1.165, 1.54) is 35.1 Å². The van der Waals surface area contributed by atoms with Gasteiger partial charge in [-0.3, -0.25) is 0 Å². The molecule has 23 heavy (non-hydrogen) atoms. The van der Waals surface area contributed by atoms with Crippen molar-refractivity contribution in [3.8, 4) is 0 Å². The van der Waals surface area contributed by atoms with Gasteiger partial charge in [0.2, 0.25) is 0 Å². The Bertz CT molecular complexity index is 696. The van der Waals surface area contributed by atoms with E-state index in [-0.39, 0.29) is 0 Å². The second-order valence-corrected chi connectivity index (χ2v) is 7.27. The highest BCUT2D eigenvalue weighted by Gasteiger charge is 2.36. The lowest BCUT2D eigenvalue weighted by Crippen LogP contribution is -2.41. The van der Waals surface area contributed by atoms with Gasteiger partial charge in [0, 0.05) is 10.9 Å². The molecule has 3 heteroatoms. The summed E-state index contributed by atoms with van der Waals surface area (Å²) in [5.41, 5.74) is 5.50. The summed E-state index contributed by atoms with van der Waals surface area (Å²) in [5, 5.41) is 7.97. The molecule has 2 nitrogen and oxygen atoms in total. The normalized spacial score (nSPS) is 27.2. The summed E-state index contributed by atoms with van der Waals surface area (Å²) in [6.45, 7) is 4.46. The van der Waals surface area contributed by atoms with E-state index in [4.69, 9.17) is 11.6 Å². The number of halogens is 1. The standard InChI is InChI=1S/C20H23ClN2/c1-13-6-11-23-20-17(13)4-2-15-12-16(21)3-5-18(15)19(20)14-7-9-22-10-8-14/h2-6,11-12,14,19-20,22-23H,7-10H2,1H3. The van der Waals surface area contributed by atoms with Gasteiger partial charge in [-0.2, -0.15) is 0 Å². The van der Waals surface area contributed by atoms with Gasteiger partial charge in [-0.25, -0.2) is 0 Å². The van der Waals surface area contributed by atoms with Crippen molar-refractivity contribution in [2.24, 2.45) is 5.92 Å². The monoisotopic (exact) mass is 326 g/mol. The zero-order valence-electron chi connectivity index (χ0n) is 13.5. The summed E-state index contributed by atoms with van der Waals surface area (Å²) in [6.07, 6.45) is 11.3. The zero-order chi connectivity index (χ0) is 15.8. The smallest absolute Gasteiger partial charge is 0.0582 e. The maximum atomic E-state index is 6.26. The molecule has 1 saturated heterocycles. The van der Waals surface area contributed by atoms with Crippen LogP contribution in [0, 0.1) is 5.92 Å². The minimum atomic E-state index is 0.363. The number of allylic oxidation sites excluding steroid dienone is 2. The molecule has 0 amide bonds. The zero-order valence-corrected chi connectivity index (χ0v) is 14.2. The van der Waals surface area contributed by atoms with Crippen LogP contribution in [0.15, 0.2) is 47.7 Å². The summed E-state index contributed by atoms with van der Waals surface area (Å²) in [5.74, 6) is 1.19. The molecule has 3 aliphatic rings. The van der Waals surface area contributed by atoms with Crippen LogP contribution < -0.4 is 10.6 Å². The molecule has 1 aromatic carbocycles. The third-order valence-electron chi connectivity index (χ3n) is 5.50. The second-order valence-electron chi connectivity index (χ2n) is 6.84. The molecule has 2 unspecified atom stereocenters. The van der Waals surface area contributed by atoms with E-state index in [9.17, 15) is 0 Å². The average Bonchev–Trinajstić information content (AvgIpc) is 2.73. The predicted octanol–water partition coefficient (Wildman–Crippen LogP) is 4.25. The Hall–Kier alpha value is -1.51. The van der Waals surface area contributed by atoms with Crippen LogP contribution in [0.2, 0.25) is 5.02 Å². The number of benzene rings is 1. The van der Waals surface area contributed by atoms with Crippen molar-refractivity contribution in [3.05, 3.63) is 63.8 Å². The quantitative estimate of drug-likeness (QED) is 0.806. The van der Waals surface area contributed by atoms with Crippen molar-refractivity contribution in [2.45, 2.75) is 31.7 Å². The first-order valence-electron chi connectivity index (χ1n) is 8.55. The van der Waals surface area contributed by atoms with Gasteiger partial charge < -0.3 is 10.6 Å². The average molecular weight is 327 g/mol. The highest BCUT2D eigenvalue weighted by molar-refractivity contribution is 6.30. The first-order valence-corrected chi connectivity index (χ1v) is 8.93. The number of hydrogen-bond donors (Lipinski definition) is 2. The first kappa shape index (κ1) is 15.0. The van der Waals surface area contributed by atoms with Crippen LogP contribution in [0.25, 0.3) is 6.08 Å². The molecule has 2 aliphatic heterocycles. The fraction of sp³-hybridized carbons (Fsp3) is 0.400. The summed E-state index contributed by atoms with van der Waals surface area (Å²) < 4.78 is 0. The maximum Gasteiger partial charge on any atom is 0.0582 e. The van der Waals surface area contributed by atoms with E-state index in [0.29, 0.717) is 17.9 Å². The van der Waals surface area contributed by atoms with Crippen LogP contribution in [0.5, 0.6) is 0 Å². The number of piperidine rings is 1. The molecule has 2 N–H and O–H groups in total. The lowest BCUT2D eigenvalue weighted by Gasteiger charge is -2.38. The Morgan fingerprint density at radius 1 is 1.09 bits per heavy atom. The Balaban J connectivity index is 1.84. The van der Waals surface area contributed by atoms with Gasteiger partial charge in [-0.1, -0.05) is 29.8 Å². The molecule has 2 heterocycles. The van der Waals surface area contributed by atoms with Crippen LogP contribution in [-0.2, 0) is 0 Å². The minimum Gasteiger partial charge on any atom is -0.383 e. The molecule has 0 saturated carbocycles. The van der Waals surface area contributed by atoms with Crippen molar-refractivity contribution in [1.29, 1.82) is 0 Å². The van der Waals surface area contributed by atoms with Crippen LogP contribution in [-0.4, -0.2) is 19.1 Å². The Kier molecular flexibility index (Phi) is 4.04. The highest BCUT2D eigenvalue weighted by Crippen LogP contribution is 2.42. The molecule has 1 aliphatic carbocycles. The Morgan fingerprint density at radius 2 is 1.91 bits per heavy atom. The first-order chi connectivity index (χ1) is 11.2. The Morgan fingerprint density at radius 3 is 2.74 bits per heavy atom. The van der Waals surface area contributed by atoms with Crippen molar-refractivity contribution in [2.75, 3.05) is 13.1 Å². The van der Waals surface area contributed by atoms with Gasteiger partial charge in [-0.05, 0) is 85.5 Å². The van der Waals surface area contributed by atoms with Crippen molar-refractivity contribution >= 4 is 17.7 Å². The molecular weight excluding hydrogens is 304 g/mol.